The Morgan fingerprint density at radius 2 is 2.06 bits per heavy atom. The van der Waals surface area contributed by atoms with Crippen LogP contribution in [0.3, 0.4) is 0 Å². The number of rotatable bonds is 5. The van der Waals surface area contributed by atoms with Gasteiger partial charge in [-0.25, -0.2) is 0 Å². The lowest BCUT2D eigenvalue weighted by atomic mass is 10.0. The maximum Gasteiger partial charge on any atom is 0.0543 e. The van der Waals surface area contributed by atoms with Crippen molar-refractivity contribution in [3.63, 3.8) is 0 Å². The third-order valence-electron chi connectivity index (χ3n) is 3.78. The van der Waals surface area contributed by atoms with E-state index in [4.69, 9.17) is 0 Å². The van der Waals surface area contributed by atoms with Crippen molar-refractivity contribution in [2.24, 2.45) is 5.92 Å². The molecule has 0 aliphatic heterocycles. The molecule has 1 aliphatic carbocycles. The molecule has 1 saturated carbocycles. The largest absolute Gasteiger partial charge is 0.393 e. The van der Waals surface area contributed by atoms with Gasteiger partial charge in [0.1, 0.15) is 0 Å². The molecule has 1 fully saturated rings. The molecule has 3 atom stereocenters. The topological polar surface area (TPSA) is 32.3 Å². The Bertz CT molecular complexity index is 325. The number of hydrogen-bond donors (Lipinski definition) is 2. The minimum Gasteiger partial charge on any atom is -0.393 e. The van der Waals surface area contributed by atoms with Crippen LogP contribution < -0.4 is 5.32 Å². The quantitative estimate of drug-likeness (QED) is 0.819. The van der Waals surface area contributed by atoms with Crippen molar-refractivity contribution in [1.82, 2.24) is 5.32 Å². The van der Waals surface area contributed by atoms with Gasteiger partial charge >= 0.3 is 0 Å². The van der Waals surface area contributed by atoms with Crippen molar-refractivity contribution in [3.05, 3.63) is 35.9 Å². The van der Waals surface area contributed by atoms with Crippen molar-refractivity contribution in [2.75, 3.05) is 6.54 Å². The molecular weight excluding hydrogens is 210 g/mol. The second-order valence-corrected chi connectivity index (χ2v) is 5.11. The Kier molecular flexibility index (Phi) is 4.57. The fourth-order valence-corrected chi connectivity index (χ4v) is 2.73. The van der Waals surface area contributed by atoms with Crippen LogP contribution >= 0.6 is 0 Å². The van der Waals surface area contributed by atoms with Gasteiger partial charge in [-0.05, 0) is 43.7 Å². The Morgan fingerprint density at radius 3 is 2.65 bits per heavy atom. The zero-order chi connectivity index (χ0) is 12.1. The molecular formula is C15H23NO. The lowest BCUT2D eigenvalue weighted by molar-refractivity contribution is 0.177. The summed E-state index contributed by atoms with van der Waals surface area (Å²) in [7, 11) is 0. The molecule has 0 amide bonds. The van der Waals surface area contributed by atoms with Crippen LogP contribution in [0.5, 0.6) is 0 Å². The Morgan fingerprint density at radius 1 is 1.29 bits per heavy atom. The first-order chi connectivity index (χ1) is 8.29. The van der Waals surface area contributed by atoms with Gasteiger partial charge in [-0.3, -0.25) is 0 Å². The van der Waals surface area contributed by atoms with E-state index in [1.165, 1.54) is 12.0 Å². The summed E-state index contributed by atoms with van der Waals surface area (Å²) >= 11 is 0. The molecule has 1 aromatic carbocycles. The molecule has 2 heteroatoms. The van der Waals surface area contributed by atoms with Gasteiger partial charge in [0.25, 0.3) is 0 Å². The summed E-state index contributed by atoms with van der Waals surface area (Å²) in [5, 5.41) is 13.1. The predicted octanol–water partition coefficient (Wildman–Crippen LogP) is 2.89. The van der Waals surface area contributed by atoms with Gasteiger partial charge in [-0.1, -0.05) is 37.3 Å². The summed E-state index contributed by atoms with van der Waals surface area (Å²) in [6.07, 6.45) is 4.17. The van der Waals surface area contributed by atoms with Crippen LogP contribution in [0.1, 0.15) is 44.2 Å². The van der Waals surface area contributed by atoms with Gasteiger partial charge in [0.15, 0.2) is 0 Å². The van der Waals surface area contributed by atoms with Crippen LogP contribution in [-0.2, 0) is 0 Å². The molecule has 0 radical (unpaired) electrons. The van der Waals surface area contributed by atoms with Crippen LogP contribution in [0.4, 0.5) is 0 Å². The Hall–Kier alpha value is -0.860. The first kappa shape index (κ1) is 12.6. The molecule has 17 heavy (non-hydrogen) atoms. The summed E-state index contributed by atoms with van der Waals surface area (Å²) < 4.78 is 0. The van der Waals surface area contributed by atoms with E-state index in [9.17, 15) is 5.11 Å². The van der Waals surface area contributed by atoms with Gasteiger partial charge in [0.05, 0.1) is 6.10 Å². The normalized spacial score (nSPS) is 26.0. The van der Waals surface area contributed by atoms with Crippen molar-refractivity contribution >= 4 is 0 Å². The lowest BCUT2D eigenvalue weighted by Gasteiger charge is -2.20. The maximum atomic E-state index is 9.51. The number of benzene rings is 1. The van der Waals surface area contributed by atoms with E-state index < -0.39 is 0 Å². The summed E-state index contributed by atoms with van der Waals surface area (Å²) in [6, 6.07) is 11.1. The highest BCUT2D eigenvalue weighted by molar-refractivity contribution is 5.18. The summed E-state index contributed by atoms with van der Waals surface area (Å²) in [5.41, 5.74) is 1.37. The predicted molar refractivity (Wildman–Crippen MR) is 70.8 cm³/mol. The molecule has 2 N–H and O–H groups in total. The van der Waals surface area contributed by atoms with E-state index in [0.29, 0.717) is 12.0 Å². The standard InChI is InChI=1S/C15H23NO/c1-2-15(13-6-4-3-5-7-13)16-11-12-8-9-14(17)10-12/h3-7,12,14-17H,2,8-11H2,1H3. The first-order valence-corrected chi connectivity index (χ1v) is 6.76. The number of aliphatic hydroxyl groups excluding tert-OH is 1. The molecule has 0 heterocycles. The second kappa shape index (κ2) is 6.18. The molecule has 0 saturated heterocycles. The Balaban J connectivity index is 1.84. The third kappa shape index (κ3) is 3.55. The smallest absolute Gasteiger partial charge is 0.0543 e. The summed E-state index contributed by atoms with van der Waals surface area (Å²) in [4.78, 5) is 0. The minimum absolute atomic E-state index is 0.0569. The zero-order valence-corrected chi connectivity index (χ0v) is 10.6. The Labute approximate surface area is 104 Å². The van der Waals surface area contributed by atoms with Crippen molar-refractivity contribution in [2.45, 2.75) is 44.8 Å². The average Bonchev–Trinajstić information content (AvgIpc) is 2.77. The number of aliphatic hydroxyl groups is 1. The number of nitrogens with one attached hydrogen (secondary N) is 1. The van der Waals surface area contributed by atoms with E-state index in [1.54, 1.807) is 0 Å². The van der Waals surface area contributed by atoms with Crippen LogP contribution in [-0.4, -0.2) is 17.8 Å². The van der Waals surface area contributed by atoms with E-state index in [2.05, 4.69) is 42.6 Å². The monoisotopic (exact) mass is 233 g/mol. The summed E-state index contributed by atoms with van der Waals surface area (Å²) in [5.74, 6) is 0.655. The van der Waals surface area contributed by atoms with E-state index in [-0.39, 0.29) is 6.10 Å². The summed E-state index contributed by atoms with van der Waals surface area (Å²) in [6.45, 7) is 3.25. The van der Waals surface area contributed by atoms with Gasteiger partial charge in [-0.15, -0.1) is 0 Å². The molecule has 1 aliphatic rings. The highest BCUT2D eigenvalue weighted by Crippen LogP contribution is 2.26. The SMILES string of the molecule is CCC(NCC1CCC(O)C1)c1ccccc1. The molecule has 94 valence electrons. The molecule has 2 rings (SSSR count). The van der Waals surface area contributed by atoms with Crippen molar-refractivity contribution in [3.8, 4) is 0 Å². The van der Waals surface area contributed by atoms with Crippen LogP contribution in [0.15, 0.2) is 30.3 Å². The van der Waals surface area contributed by atoms with E-state index in [0.717, 1.165) is 25.8 Å². The van der Waals surface area contributed by atoms with Gasteiger partial charge < -0.3 is 10.4 Å². The van der Waals surface area contributed by atoms with E-state index in [1.807, 2.05) is 0 Å². The fraction of sp³-hybridized carbons (Fsp3) is 0.600. The molecule has 1 aromatic rings. The maximum absolute atomic E-state index is 9.51. The van der Waals surface area contributed by atoms with Gasteiger partial charge in [-0.2, -0.15) is 0 Å². The fourth-order valence-electron chi connectivity index (χ4n) is 2.73. The van der Waals surface area contributed by atoms with Crippen LogP contribution in [0, 0.1) is 5.92 Å². The lowest BCUT2D eigenvalue weighted by Crippen LogP contribution is -2.26. The van der Waals surface area contributed by atoms with Crippen LogP contribution in [0.2, 0.25) is 0 Å². The second-order valence-electron chi connectivity index (χ2n) is 5.11. The molecule has 0 aromatic heterocycles. The zero-order valence-electron chi connectivity index (χ0n) is 10.6. The third-order valence-corrected chi connectivity index (χ3v) is 3.78. The van der Waals surface area contributed by atoms with Gasteiger partial charge in [0, 0.05) is 6.04 Å². The molecule has 0 spiro atoms. The van der Waals surface area contributed by atoms with E-state index >= 15 is 0 Å². The average molecular weight is 233 g/mol. The van der Waals surface area contributed by atoms with Gasteiger partial charge in [0.2, 0.25) is 0 Å². The highest BCUT2D eigenvalue weighted by atomic mass is 16.3. The van der Waals surface area contributed by atoms with Crippen LogP contribution in [0.25, 0.3) is 0 Å². The first-order valence-electron chi connectivity index (χ1n) is 6.76. The van der Waals surface area contributed by atoms with Crippen molar-refractivity contribution in [1.29, 1.82) is 0 Å². The molecule has 2 nitrogen and oxygen atoms in total. The van der Waals surface area contributed by atoms with Crippen molar-refractivity contribution < 1.29 is 5.11 Å². The molecule has 0 bridgehead atoms. The highest BCUT2D eigenvalue weighted by Gasteiger charge is 2.23. The number of hydrogen-bond acceptors (Lipinski definition) is 2. The minimum atomic E-state index is -0.0569. The molecule has 3 unspecified atom stereocenters.